The average molecular weight is 522 g/mol. The molecule has 0 aliphatic rings. The summed E-state index contributed by atoms with van der Waals surface area (Å²) in [7, 11) is -1.84. The van der Waals surface area contributed by atoms with Gasteiger partial charge in [-0.1, -0.05) is 102 Å². The van der Waals surface area contributed by atoms with Crippen LogP contribution in [0, 0.1) is 53.4 Å². The Labute approximate surface area is 220 Å². The monoisotopic (exact) mass is 520 g/mol. The van der Waals surface area contributed by atoms with Gasteiger partial charge in [-0.3, -0.25) is 0 Å². The first-order valence-corrected chi connectivity index (χ1v) is 12.7. The number of hydrogen-bond donors (Lipinski definition) is 0. The molecule has 0 radical (unpaired) electrons. The van der Waals surface area contributed by atoms with Gasteiger partial charge in [0.05, 0.1) is 8.07 Å². The fourth-order valence-electron chi connectivity index (χ4n) is 5.25. The van der Waals surface area contributed by atoms with Gasteiger partial charge in [0.1, 0.15) is 0 Å². The predicted octanol–water partition coefficient (Wildman–Crippen LogP) is -2.86. The van der Waals surface area contributed by atoms with Crippen LogP contribution in [0.2, 0.25) is 12.1 Å². The summed E-state index contributed by atoms with van der Waals surface area (Å²) in [6.45, 7) is 23.6. The topological polar surface area (TPSA) is 0 Å². The molecule has 0 aliphatic carbocycles. The molecule has 0 saturated carbocycles. The third-order valence-corrected chi connectivity index (χ3v) is 12.3. The van der Waals surface area contributed by atoms with Gasteiger partial charge in [0, 0.05) is 0 Å². The van der Waals surface area contributed by atoms with Gasteiger partial charge in [0.2, 0.25) is 0 Å². The van der Waals surface area contributed by atoms with Crippen LogP contribution < -0.4 is 47.6 Å². The molecule has 0 nitrogen and oxygen atoms in total. The van der Waals surface area contributed by atoms with E-state index in [-0.39, 0.29) is 58.9 Å². The number of halogens is 3. The van der Waals surface area contributed by atoms with Crippen molar-refractivity contribution in [3.05, 3.63) is 51.6 Å². The minimum Gasteiger partial charge on any atom is -1.00 e. The van der Waals surface area contributed by atoms with Gasteiger partial charge in [-0.15, -0.1) is 5.19 Å². The van der Waals surface area contributed by atoms with E-state index in [1.165, 1.54) is 34.3 Å². The molecule has 0 unspecified atom stereocenters. The van der Waals surface area contributed by atoms with Crippen LogP contribution in [0.5, 0.6) is 0 Å². The van der Waals surface area contributed by atoms with Gasteiger partial charge in [-0.2, -0.15) is 22.3 Å². The summed E-state index contributed by atoms with van der Waals surface area (Å²) in [4.78, 5) is 0. The Kier molecular flexibility index (Phi) is 16.1. The molecule has 0 spiro atoms. The average Bonchev–Trinajstić information content (AvgIpc) is 2.68. The molecule has 0 amide bonds. The molecule has 2 aromatic carbocycles. The zero-order chi connectivity index (χ0) is 19.8. The molecule has 2 rings (SSSR count). The van der Waals surface area contributed by atoms with Gasteiger partial charge in [-0.05, 0) is 25.7 Å². The summed E-state index contributed by atoms with van der Waals surface area (Å²) in [5.41, 5.74) is 9.02. The first kappa shape index (κ1) is 35.0. The Bertz CT molecular complexity index is 738. The van der Waals surface area contributed by atoms with Crippen molar-refractivity contribution >= 4 is 18.4 Å². The molecule has 0 fully saturated rings. The van der Waals surface area contributed by atoms with Crippen molar-refractivity contribution in [1.29, 1.82) is 0 Å². The van der Waals surface area contributed by atoms with Crippen molar-refractivity contribution in [1.82, 2.24) is 0 Å². The summed E-state index contributed by atoms with van der Waals surface area (Å²) in [5, 5.41) is 3.41. The van der Waals surface area contributed by atoms with Crippen LogP contribution in [0.4, 0.5) is 0 Å². The zero-order valence-electron chi connectivity index (χ0n) is 20.4. The Morgan fingerprint density at radius 3 is 1.30 bits per heavy atom. The second-order valence-electron chi connectivity index (χ2n) is 9.53. The van der Waals surface area contributed by atoms with E-state index in [1.54, 1.807) is 21.5 Å². The van der Waals surface area contributed by atoms with Crippen molar-refractivity contribution in [3.63, 3.8) is 0 Å². The van der Waals surface area contributed by atoms with E-state index in [0.29, 0.717) is 0 Å². The Balaban J connectivity index is -0.00000182. The van der Waals surface area contributed by atoms with Crippen LogP contribution in [-0.2, 0) is 21.7 Å². The number of aryl methyl sites for hydroxylation is 2. The van der Waals surface area contributed by atoms with Crippen LogP contribution in [0.25, 0.3) is 0 Å². The normalized spacial score (nSPS) is 10.8. The minimum atomic E-state index is -1.84. The Hall–Kier alpha value is 0.371. The van der Waals surface area contributed by atoms with E-state index in [0.717, 1.165) is 11.8 Å². The van der Waals surface area contributed by atoms with E-state index in [1.807, 2.05) is 0 Å². The van der Waals surface area contributed by atoms with Crippen LogP contribution >= 0.6 is 0 Å². The maximum Gasteiger partial charge on any atom is 4.00 e. The summed E-state index contributed by atoms with van der Waals surface area (Å²) < 4.78 is 0. The molecule has 0 bridgehead atoms. The van der Waals surface area contributed by atoms with Gasteiger partial charge in [0.25, 0.3) is 0 Å². The quantitative estimate of drug-likeness (QED) is 0.284. The van der Waals surface area contributed by atoms with Gasteiger partial charge in [0.15, 0.2) is 0 Å². The third kappa shape index (κ3) is 7.19. The van der Waals surface area contributed by atoms with Crippen molar-refractivity contribution in [2.45, 2.75) is 81.3 Å². The van der Waals surface area contributed by atoms with E-state index in [2.05, 4.69) is 87.4 Å². The van der Waals surface area contributed by atoms with Gasteiger partial charge in [-0.25, -0.2) is 0 Å². The minimum absolute atomic E-state index is 0. The number of hydrogen-bond acceptors (Lipinski definition) is 0. The maximum absolute atomic E-state index is 2.51. The van der Waals surface area contributed by atoms with Crippen molar-refractivity contribution in [2.24, 2.45) is 11.8 Å². The second kappa shape index (κ2) is 13.8. The van der Waals surface area contributed by atoms with E-state index in [4.69, 9.17) is 0 Å². The molecular weight excluding hydrogens is 483 g/mol. The Morgan fingerprint density at radius 2 is 1.00 bits per heavy atom. The molecule has 168 valence electrons. The van der Waals surface area contributed by atoms with E-state index in [9.17, 15) is 0 Å². The fourth-order valence-corrected chi connectivity index (χ4v) is 12.2. The predicted molar refractivity (Wildman–Crippen MR) is 121 cm³/mol. The van der Waals surface area contributed by atoms with Crippen molar-refractivity contribution < 1.29 is 58.9 Å². The summed E-state index contributed by atoms with van der Waals surface area (Å²) >= 11 is 0. The molecule has 2 aromatic rings. The summed E-state index contributed by atoms with van der Waals surface area (Å²) in [6.07, 6.45) is 0. The fraction of sp³-hybridized carbons (Fsp3) is 0.560. The molecule has 0 aliphatic heterocycles. The maximum atomic E-state index is 2.51. The number of benzene rings is 1. The van der Waals surface area contributed by atoms with Gasteiger partial charge < -0.3 is 37.2 Å². The molecule has 0 aromatic heterocycles. The molecule has 0 saturated heterocycles. The SMILES string of the molecule is Cc1cc(C)cc([Si](CC(C)C)(CC(C)C)[c-]2c(C)c(C)c(C)c2C)c1.[Cl-].[Cl-].[Cl-].[Ti+4]. The first-order chi connectivity index (χ1) is 12.0. The molecule has 0 N–H and O–H groups in total. The molecule has 5 heteroatoms. The molecular formula is C25H39Cl3SiTi. The largest absolute Gasteiger partial charge is 4.00 e. The Morgan fingerprint density at radius 1 is 0.667 bits per heavy atom. The zero-order valence-corrected chi connectivity index (χ0v) is 25.3. The number of rotatable bonds is 6. The van der Waals surface area contributed by atoms with Crippen LogP contribution in [0.15, 0.2) is 18.2 Å². The van der Waals surface area contributed by atoms with Crippen molar-refractivity contribution in [2.75, 3.05) is 0 Å². The van der Waals surface area contributed by atoms with Crippen molar-refractivity contribution in [3.8, 4) is 0 Å². The smallest absolute Gasteiger partial charge is 1.00 e. The van der Waals surface area contributed by atoms with E-state index >= 15 is 0 Å². The summed E-state index contributed by atoms with van der Waals surface area (Å²) in [6, 6.07) is 10.0. The summed E-state index contributed by atoms with van der Waals surface area (Å²) in [5.74, 6) is 1.44. The second-order valence-corrected chi connectivity index (χ2v) is 13.6. The van der Waals surface area contributed by atoms with Gasteiger partial charge >= 0.3 is 21.7 Å². The van der Waals surface area contributed by atoms with Crippen LogP contribution in [-0.4, -0.2) is 8.07 Å². The van der Waals surface area contributed by atoms with Crippen LogP contribution in [0.1, 0.15) is 61.1 Å². The third-order valence-electron chi connectivity index (χ3n) is 6.20. The first-order valence-electron chi connectivity index (χ1n) is 10.3. The molecule has 0 heterocycles. The van der Waals surface area contributed by atoms with Crippen LogP contribution in [0.3, 0.4) is 0 Å². The van der Waals surface area contributed by atoms with E-state index < -0.39 is 8.07 Å². The standard InChI is InChI=1S/C25H39Si.3ClH.Ti/c1-16(2)14-26(15-17(3)4,24-12-18(5)11-19(6)13-24)25-22(9)20(7)21(8)23(25)10;;;;/h11-13,16-17H,14-15H2,1-10H3;3*1H;/q-1;;;;+4/p-3. The molecule has 0 atom stereocenters. The molecule has 30 heavy (non-hydrogen) atoms.